The highest BCUT2D eigenvalue weighted by Gasteiger charge is 2.32. The maximum absolute atomic E-state index is 12.3. The molecule has 1 heterocycles. The Morgan fingerprint density at radius 2 is 1.94 bits per heavy atom. The summed E-state index contributed by atoms with van der Waals surface area (Å²) in [5.74, 6) is 0.893. The molecule has 2 N–H and O–H groups in total. The van der Waals surface area contributed by atoms with Gasteiger partial charge in [-0.2, -0.15) is 0 Å². The van der Waals surface area contributed by atoms with Crippen LogP contribution in [0, 0.1) is 11.3 Å². The molecule has 0 spiro atoms. The summed E-state index contributed by atoms with van der Waals surface area (Å²) in [6, 6.07) is 0.502. The summed E-state index contributed by atoms with van der Waals surface area (Å²) in [5, 5.41) is 6.70. The zero-order chi connectivity index (χ0) is 12.3. The Hall–Kier alpha value is -0.410. The Bertz CT molecular complexity index is 239. The van der Waals surface area contributed by atoms with Crippen molar-refractivity contribution in [3.63, 3.8) is 0 Å². The van der Waals surface area contributed by atoms with Crippen molar-refractivity contribution in [2.75, 3.05) is 13.1 Å². The molecule has 1 rings (SSSR count). The van der Waals surface area contributed by atoms with E-state index in [2.05, 4.69) is 24.5 Å². The van der Waals surface area contributed by atoms with Crippen molar-refractivity contribution in [3.8, 4) is 0 Å². The number of ketones is 1. The predicted molar refractivity (Wildman–Crippen MR) is 67.5 cm³/mol. The predicted octanol–water partition coefficient (Wildman–Crippen LogP) is 1.58. The first-order chi connectivity index (χ1) is 7.30. The van der Waals surface area contributed by atoms with Crippen molar-refractivity contribution in [2.24, 2.45) is 11.3 Å². The van der Waals surface area contributed by atoms with Crippen LogP contribution in [-0.2, 0) is 4.79 Å². The highest BCUT2D eigenvalue weighted by molar-refractivity contribution is 5.88. The van der Waals surface area contributed by atoms with Crippen LogP contribution >= 0.6 is 0 Å². The summed E-state index contributed by atoms with van der Waals surface area (Å²) < 4.78 is 0. The molecular formula is C13H26N2O. The normalized spacial score (nSPS) is 19.6. The number of nitrogens with one attached hydrogen (secondary N) is 2. The van der Waals surface area contributed by atoms with Crippen molar-refractivity contribution in [2.45, 2.75) is 53.1 Å². The number of carbonyl (C=O) groups excluding carboxylic acids is 1. The summed E-state index contributed by atoms with van der Waals surface area (Å²) in [7, 11) is 0. The van der Waals surface area contributed by atoms with Crippen molar-refractivity contribution in [1.29, 1.82) is 0 Å². The summed E-state index contributed by atoms with van der Waals surface area (Å²) in [6.07, 6.45) is 0.937. The number of carbonyl (C=O) groups is 1. The van der Waals surface area contributed by atoms with Crippen molar-refractivity contribution < 1.29 is 4.79 Å². The van der Waals surface area contributed by atoms with E-state index in [1.807, 2.05) is 20.8 Å². The first-order valence-corrected chi connectivity index (χ1v) is 6.31. The molecule has 1 saturated heterocycles. The van der Waals surface area contributed by atoms with Crippen molar-refractivity contribution in [3.05, 3.63) is 0 Å². The second kappa shape index (κ2) is 5.28. The highest BCUT2D eigenvalue weighted by Crippen LogP contribution is 2.20. The number of rotatable bonds is 5. The Kier molecular flexibility index (Phi) is 4.51. The number of hydrogen-bond donors (Lipinski definition) is 2. The van der Waals surface area contributed by atoms with Crippen molar-refractivity contribution in [1.82, 2.24) is 10.6 Å². The molecule has 1 aliphatic rings. The SMILES string of the molecule is CC(C)CC(NC1CNC1)C(=O)C(C)(C)C. The van der Waals surface area contributed by atoms with Gasteiger partial charge in [-0.15, -0.1) is 0 Å². The second-order valence-electron chi connectivity index (χ2n) is 6.32. The number of Topliss-reactive ketones (excluding diaryl/α,β-unsaturated/α-hetero) is 1. The van der Waals surface area contributed by atoms with Gasteiger partial charge in [-0.1, -0.05) is 34.6 Å². The van der Waals surface area contributed by atoms with Crippen LogP contribution in [0.15, 0.2) is 0 Å². The molecule has 0 aromatic rings. The molecule has 0 aromatic heterocycles. The largest absolute Gasteiger partial charge is 0.314 e. The summed E-state index contributed by atoms with van der Waals surface area (Å²) in [5.41, 5.74) is -0.246. The molecule has 1 aliphatic heterocycles. The standard InChI is InChI=1S/C13H26N2O/c1-9(2)6-11(12(16)13(3,4)5)15-10-7-14-8-10/h9-11,14-15H,6-8H2,1-5H3. The molecule has 0 aromatic carbocycles. The summed E-state index contributed by atoms with van der Waals surface area (Å²) >= 11 is 0. The number of hydrogen-bond acceptors (Lipinski definition) is 3. The lowest BCUT2D eigenvalue weighted by Gasteiger charge is -2.35. The lowest BCUT2D eigenvalue weighted by atomic mass is 9.83. The fourth-order valence-electron chi connectivity index (χ4n) is 1.94. The van der Waals surface area contributed by atoms with Gasteiger partial charge in [-0.25, -0.2) is 0 Å². The van der Waals surface area contributed by atoms with E-state index in [0.717, 1.165) is 19.5 Å². The van der Waals surface area contributed by atoms with Crippen LogP contribution in [0.4, 0.5) is 0 Å². The van der Waals surface area contributed by atoms with Crippen LogP contribution in [0.5, 0.6) is 0 Å². The quantitative estimate of drug-likeness (QED) is 0.748. The van der Waals surface area contributed by atoms with Gasteiger partial charge in [0.05, 0.1) is 6.04 Å². The molecule has 94 valence electrons. The molecule has 1 fully saturated rings. The summed E-state index contributed by atoms with van der Waals surface area (Å²) in [4.78, 5) is 12.3. The minimum atomic E-state index is -0.246. The zero-order valence-corrected chi connectivity index (χ0v) is 11.3. The van der Waals surface area contributed by atoms with Crippen LogP contribution in [-0.4, -0.2) is 31.0 Å². The van der Waals surface area contributed by atoms with Gasteiger partial charge in [0.25, 0.3) is 0 Å². The third-order valence-corrected chi connectivity index (χ3v) is 2.98. The Labute approximate surface area is 99.4 Å². The van der Waals surface area contributed by atoms with E-state index in [9.17, 15) is 4.79 Å². The smallest absolute Gasteiger partial charge is 0.155 e. The average Bonchev–Trinajstić information content (AvgIpc) is 2.05. The van der Waals surface area contributed by atoms with E-state index in [0.29, 0.717) is 17.7 Å². The molecule has 0 saturated carbocycles. The Balaban J connectivity index is 2.58. The molecule has 3 heteroatoms. The third-order valence-electron chi connectivity index (χ3n) is 2.98. The average molecular weight is 226 g/mol. The van der Waals surface area contributed by atoms with E-state index in [4.69, 9.17) is 0 Å². The van der Waals surface area contributed by atoms with Gasteiger partial charge in [-0.3, -0.25) is 4.79 Å². The molecule has 16 heavy (non-hydrogen) atoms. The molecular weight excluding hydrogens is 200 g/mol. The highest BCUT2D eigenvalue weighted by atomic mass is 16.1. The van der Waals surface area contributed by atoms with E-state index in [-0.39, 0.29) is 11.5 Å². The van der Waals surface area contributed by atoms with E-state index in [1.54, 1.807) is 0 Å². The van der Waals surface area contributed by atoms with E-state index in [1.165, 1.54) is 0 Å². The van der Waals surface area contributed by atoms with Crippen molar-refractivity contribution >= 4 is 5.78 Å². The maximum Gasteiger partial charge on any atom is 0.155 e. The first kappa shape index (κ1) is 13.7. The monoisotopic (exact) mass is 226 g/mol. The molecule has 1 atom stereocenters. The minimum absolute atomic E-state index is 0.0205. The van der Waals surface area contributed by atoms with Crippen LogP contribution in [0.3, 0.4) is 0 Å². The van der Waals surface area contributed by atoms with E-state index < -0.39 is 0 Å². The van der Waals surface area contributed by atoms with Gasteiger partial charge >= 0.3 is 0 Å². The van der Waals surface area contributed by atoms with E-state index >= 15 is 0 Å². The second-order valence-corrected chi connectivity index (χ2v) is 6.32. The Morgan fingerprint density at radius 1 is 1.38 bits per heavy atom. The topological polar surface area (TPSA) is 41.1 Å². The van der Waals surface area contributed by atoms with Gasteiger partial charge in [0, 0.05) is 24.5 Å². The zero-order valence-electron chi connectivity index (χ0n) is 11.3. The van der Waals surface area contributed by atoms with Crippen LogP contribution < -0.4 is 10.6 Å². The van der Waals surface area contributed by atoms with Crippen LogP contribution in [0.25, 0.3) is 0 Å². The molecule has 0 aliphatic carbocycles. The van der Waals surface area contributed by atoms with Gasteiger partial charge in [0.1, 0.15) is 0 Å². The van der Waals surface area contributed by atoms with Gasteiger partial charge in [0.15, 0.2) is 5.78 Å². The first-order valence-electron chi connectivity index (χ1n) is 6.31. The molecule has 3 nitrogen and oxygen atoms in total. The lowest BCUT2D eigenvalue weighted by Crippen LogP contribution is -2.60. The Morgan fingerprint density at radius 3 is 2.25 bits per heavy atom. The molecule has 1 unspecified atom stereocenters. The van der Waals surface area contributed by atoms with Crippen LogP contribution in [0.2, 0.25) is 0 Å². The van der Waals surface area contributed by atoms with Gasteiger partial charge in [0.2, 0.25) is 0 Å². The molecule has 0 bridgehead atoms. The fraction of sp³-hybridized carbons (Fsp3) is 0.923. The fourth-order valence-corrected chi connectivity index (χ4v) is 1.94. The van der Waals surface area contributed by atoms with Crippen LogP contribution in [0.1, 0.15) is 41.0 Å². The summed E-state index contributed by atoms with van der Waals surface area (Å²) in [6.45, 7) is 12.3. The lowest BCUT2D eigenvalue weighted by molar-refractivity contribution is -0.129. The van der Waals surface area contributed by atoms with Gasteiger partial charge < -0.3 is 10.6 Å². The molecule has 0 radical (unpaired) electrons. The third kappa shape index (κ3) is 3.87. The molecule has 0 amide bonds. The van der Waals surface area contributed by atoms with Gasteiger partial charge in [-0.05, 0) is 12.3 Å². The minimum Gasteiger partial charge on any atom is -0.314 e. The maximum atomic E-state index is 12.3.